The standard InChI is InChI=1S/C12H11F3N2/c13-12(14,15)11-4-1-3-10(9-11)5-8-17-7-2-6-16-17/h1-4,6-7,9H,5,8H2. The van der Waals surface area contributed by atoms with Crippen molar-refractivity contribution in [3.63, 3.8) is 0 Å². The largest absolute Gasteiger partial charge is 0.416 e. The van der Waals surface area contributed by atoms with Crippen molar-refractivity contribution >= 4 is 0 Å². The van der Waals surface area contributed by atoms with Gasteiger partial charge in [-0.25, -0.2) is 0 Å². The van der Waals surface area contributed by atoms with Crippen molar-refractivity contribution in [2.45, 2.75) is 19.1 Å². The molecule has 90 valence electrons. The Bertz CT molecular complexity index is 475. The second kappa shape index (κ2) is 4.61. The van der Waals surface area contributed by atoms with Gasteiger partial charge in [0.25, 0.3) is 0 Å². The molecule has 0 saturated carbocycles. The molecule has 1 aromatic carbocycles. The zero-order valence-corrected chi connectivity index (χ0v) is 8.98. The average molecular weight is 240 g/mol. The fourth-order valence-electron chi connectivity index (χ4n) is 1.58. The van der Waals surface area contributed by atoms with Gasteiger partial charge in [0, 0.05) is 18.9 Å². The summed E-state index contributed by atoms with van der Waals surface area (Å²) in [7, 11) is 0. The van der Waals surface area contributed by atoms with Crippen LogP contribution in [0.4, 0.5) is 13.2 Å². The minimum Gasteiger partial charge on any atom is -0.272 e. The Morgan fingerprint density at radius 2 is 2.00 bits per heavy atom. The summed E-state index contributed by atoms with van der Waals surface area (Å²) in [5, 5.41) is 4.00. The monoisotopic (exact) mass is 240 g/mol. The number of hydrogen-bond donors (Lipinski definition) is 0. The van der Waals surface area contributed by atoms with Gasteiger partial charge in [-0.15, -0.1) is 0 Å². The van der Waals surface area contributed by atoms with E-state index in [0.717, 1.165) is 6.07 Å². The first-order chi connectivity index (χ1) is 8.05. The first kappa shape index (κ1) is 11.7. The van der Waals surface area contributed by atoms with E-state index in [9.17, 15) is 13.2 Å². The van der Waals surface area contributed by atoms with E-state index < -0.39 is 11.7 Å². The smallest absolute Gasteiger partial charge is 0.272 e. The van der Waals surface area contributed by atoms with E-state index in [1.807, 2.05) is 0 Å². The molecule has 0 bridgehead atoms. The lowest BCUT2D eigenvalue weighted by Crippen LogP contribution is -2.06. The molecule has 0 aliphatic heterocycles. The third-order valence-corrected chi connectivity index (χ3v) is 2.44. The van der Waals surface area contributed by atoms with Crippen LogP contribution in [0.5, 0.6) is 0 Å². The van der Waals surface area contributed by atoms with E-state index >= 15 is 0 Å². The molecule has 2 aromatic rings. The van der Waals surface area contributed by atoms with E-state index in [-0.39, 0.29) is 0 Å². The van der Waals surface area contributed by atoms with Crippen LogP contribution in [-0.4, -0.2) is 9.78 Å². The predicted molar refractivity (Wildman–Crippen MR) is 57.4 cm³/mol. The predicted octanol–water partition coefficient (Wildman–Crippen LogP) is 3.14. The second-order valence-electron chi connectivity index (χ2n) is 3.72. The van der Waals surface area contributed by atoms with E-state index in [0.29, 0.717) is 18.5 Å². The highest BCUT2D eigenvalue weighted by molar-refractivity contribution is 5.25. The summed E-state index contributed by atoms with van der Waals surface area (Å²) in [6.45, 7) is 0.578. The maximum atomic E-state index is 12.5. The molecule has 17 heavy (non-hydrogen) atoms. The SMILES string of the molecule is FC(F)(F)c1cccc(CCn2cccn2)c1. The normalized spacial score (nSPS) is 11.7. The van der Waals surface area contributed by atoms with Gasteiger partial charge in [-0.2, -0.15) is 18.3 Å². The summed E-state index contributed by atoms with van der Waals surface area (Å²) in [6, 6.07) is 7.17. The number of aromatic nitrogens is 2. The summed E-state index contributed by atoms with van der Waals surface area (Å²) >= 11 is 0. The third kappa shape index (κ3) is 3.09. The average Bonchev–Trinajstić information content (AvgIpc) is 2.78. The Morgan fingerprint density at radius 3 is 2.65 bits per heavy atom. The molecule has 2 nitrogen and oxygen atoms in total. The Balaban J connectivity index is 2.07. The minimum atomic E-state index is -4.28. The molecule has 1 aromatic heterocycles. The fraction of sp³-hybridized carbons (Fsp3) is 0.250. The lowest BCUT2D eigenvalue weighted by atomic mass is 10.1. The van der Waals surface area contributed by atoms with Crippen LogP contribution in [0.2, 0.25) is 0 Å². The number of nitrogens with zero attached hydrogens (tertiary/aromatic N) is 2. The van der Waals surface area contributed by atoms with Crippen LogP contribution in [0.25, 0.3) is 0 Å². The highest BCUT2D eigenvalue weighted by Crippen LogP contribution is 2.29. The van der Waals surface area contributed by atoms with Crippen LogP contribution in [-0.2, 0) is 19.1 Å². The molecular weight excluding hydrogens is 229 g/mol. The van der Waals surface area contributed by atoms with E-state index in [4.69, 9.17) is 0 Å². The summed E-state index contributed by atoms with van der Waals surface area (Å²) in [5.41, 5.74) is 0.0609. The van der Waals surface area contributed by atoms with Gasteiger partial charge in [0.05, 0.1) is 5.56 Å². The van der Waals surface area contributed by atoms with Crippen molar-refractivity contribution < 1.29 is 13.2 Å². The Kier molecular flexibility index (Phi) is 3.17. The molecule has 1 heterocycles. The molecule has 0 aliphatic rings. The van der Waals surface area contributed by atoms with Gasteiger partial charge in [0.1, 0.15) is 0 Å². The Hall–Kier alpha value is -1.78. The molecule has 0 radical (unpaired) electrons. The highest BCUT2D eigenvalue weighted by atomic mass is 19.4. The molecule has 0 aliphatic carbocycles. The molecule has 2 rings (SSSR count). The summed E-state index contributed by atoms with van der Waals surface area (Å²) in [4.78, 5) is 0. The Morgan fingerprint density at radius 1 is 1.18 bits per heavy atom. The molecule has 0 fully saturated rings. The first-order valence-electron chi connectivity index (χ1n) is 5.19. The quantitative estimate of drug-likeness (QED) is 0.805. The van der Waals surface area contributed by atoms with Crippen molar-refractivity contribution in [2.24, 2.45) is 0 Å². The first-order valence-corrected chi connectivity index (χ1v) is 5.19. The number of rotatable bonds is 3. The van der Waals surface area contributed by atoms with Crippen LogP contribution in [0.3, 0.4) is 0 Å². The van der Waals surface area contributed by atoms with Crippen molar-refractivity contribution in [3.05, 3.63) is 53.9 Å². The number of aryl methyl sites for hydroxylation is 2. The highest BCUT2D eigenvalue weighted by Gasteiger charge is 2.30. The van der Waals surface area contributed by atoms with Crippen LogP contribution in [0.15, 0.2) is 42.7 Å². The molecule has 0 N–H and O–H groups in total. The topological polar surface area (TPSA) is 17.8 Å². The van der Waals surface area contributed by atoms with Crippen molar-refractivity contribution in [1.29, 1.82) is 0 Å². The number of alkyl halides is 3. The van der Waals surface area contributed by atoms with Gasteiger partial charge in [0.2, 0.25) is 0 Å². The number of hydrogen-bond acceptors (Lipinski definition) is 1. The second-order valence-corrected chi connectivity index (χ2v) is 3.72. The molecule has 5 heteroatoms. The molecule has 0 unspecified atom stereocenters. The van der Waals surface area contributed by atoms with Crippen molar-refractivity contribution in [3.8, 4) is 0 Å². The molecular formula is C12H11F3N2. The number of halogens is 3. The van der Waals surface area contributed by atoms with Gasteiger partial charge >= 0.3 is 6.18 Å². The van der Waals surface area contributed by atoms with E-state index in [1.54, 1.807) is 29.2 Å². The summed E-state index contributed by atoms with van der Waals surface area (Å²) < 4.78 is 39.1. The van der Waals surface area contributed by atoms with Crippen LogP contribution in [0.1, 0.15) is 11.1 Å². The minimum absolute atomic E-state index is 0.533. The third-order valence-electron chi connectivity index (χ3n) is 2.44. The Labute approximate surface area is 96.7 Å². The summed E-state index contributed by atoms with van der Waals surface area (Å²) in [6.07, 6.45) is -0.312. The lowest BCUT2D eigenvalue weighted by Gasteiger charge is -2.08. The fourth-order valence-corrected chi connectivity index (χ4v) is 1.58. The molecule has 0 atom stereocenters. The van der Waals surface area contributed by atoms with Gasteiger partial charge in [-0.3, -0.25) is 4.68 Å². The van der Waals surface area contributed by atoms with Crippen molar-refractivity contribution in [2.75, 3.05) is 0 Å². The van der Waals surface area contributed by atoms with Gasteiger partial charge in [-0.1, -0.05) is 18.2 Å². The molecule has 0 spiro atoms. The molecule has 0 saturated heterocycles. The van der Waals surface area contributed by atoms with Gasteiger partial charge < -0.3 is 0 Å². The van der Waals surface area contributed by atoms with Crippen LogP contribution >= 0.6 is 0 Å². The lowest BCUT2D eigenvalue weighted by molar-refractivity contribution is -0.137. The van der Waals surface area contributed by atoms with Gasteiger partial charge in [-0.05, 0) is 24.1 Å². The zero-order valence-electron chi connectivity index (χ0n) is 8.98. The van der Waals surface area contributed by atoms with Crippen LogP contribution < -0.4 is 0 Å². The maximum absolute atomic E-state index is 12.5. The van der Waals surface area contributed by atoms with Crippen LogP contribution in [0, 0.1) is 0 Å². The maximum Gasteiger partial charge on any atom is 0.416 e. The molecule has 0 amide bonds. The van der Waals surface area contributed by atoms with E-state index in [2.05, 4.69) is 5.10 Å². The zero-order chi connectivity index (χ0) is 12.3. The van der Waals surface area contributed by atoms with Gasteiger partial charge in [0.15, 0.2) is 0 Å². The van der Waals surface area contributed by atoms with Crippen molar-refractivity contribution in [1.82, 2.24) is 9.78 Å². The summed E-state index contributed by atoms with van der Waals surface area (Å²) in [5.74, 6) is 0. The van der Waals surface area contributed by atoms with E-state index in [1.165, 1.54) is 12.1 Å². The number of benzene rings is 1.